The SMILES string of the molecule is Cl.O=C=Nc1cccnc1. The van der Waals surface area contributed by atoms with Gasteiger partial charge < -0.3 is 0 Å². The van der Waals surface area contributed by atoms with Crippen LogP contribution in [0, 0.1) is 0 Å². The molecule has 0 aromatic carbocycles. The summed E-state index contributed by atoms with van der Waals surface area (Å²) >= 11 is 0. The van der Waals surface area contributed by atoms with Crippen LogP contribution in [0.1, 0.15) is 0 Å². The molecule has 0 atom stereocenters. The van der Waals surface area contributed by atoms with Crippen LogP contribution in [-0.2, 0) is 4.79 Å². The summed E-state index contributed by atoms with van der Waals surface area (Å²) in [4.78, 5) is 16.7. The van der Waals surface area contributed by atoms with Gasteiger partial charge in [-0.1, -0.05) is 0 Å². The van der Waals surface area contributed by atoms with Gasteiger partial charge in [-0.15, -0.1) is 12.4 Å². The lowest BCUT2D eigenvalue weighted by molar-refractivity contribution is 0.565. The van der Waals surface area contributed by atoms with Crippen molar-refractivity contribution in [1.29, 1.82) is 0 Å². The van der Waals surface area contributed by atoms with Crippen molar-refractivity contribution in [2.75, 3.05) is 0 Å². The molecule has 1 heterocycles. The minimum atomic E-state index is 0. The normalized spacial score (nSPS) is 7.20. The van der Waals surface area contributed by atoms with E-state index in [-0.39, 0.29) is 12.4 Å². The molecule has 52 valence electrons. The van der Waals surface area contributed by atoms with Gasteiger partial charge in [0.15, 0.2) is 0 Å². The summed E-state index contributed by atoms with van der Waals surface area (Å²) in [6.07, 6.45) is 4.52. The first-order valence-corrected chi connectivity index (χ1v) is 2.41. The Hall–Kier alpha value is -1.18. The quantitative estimate of drug-likeness (QED) is 0.457. The molecule has 0 saturated carbocycles. The molecule has 0 N–H and O–H groups in total. The van der Waals surface area contributed by atoms with Crippen molar-refractivity contribution < 1.29 is 4.79 Å². The topological polar surface area (TPSA) is 42.3 Å². The fourth-order valence-corrected chi connectivity index (χ4v) is 0.473. The van der Waals surface area contributed by atoms with Crippen LogP contribution in [0.2, 0.25) is 0 Å². The summed E-state index contributed by atoms with van der Waals surface area (Å²) in [6, 6.07) is 3.38. The van der Waals surface area contributed by atoms with Gasteiger partial charge in [0.2, 0.25) is 6.08 Å². The molecule has 1 rings (SSSR count). The second-order valence-corrected chi connectivity index (χ2v) is 1.41. The maximum absolute atomic E-state index is 9.65. The number of nitrogens with zero attached hydrogens (tertiary/aromatic N) is 2. The standard InChI is InChI=1S/C6H4N2O.ClH/c9-5-8-6-2-1-3-7-4-6;/h1-4H;1H. The number of rotatable bonds is 1. The molecule has 4 heteroatoms. The maximum Gasteiger partial charge on any atom is 0.240 e. The molecule has 0 spiro atoms. The Morgan fingerprint density at radius 1 is 1.60 bits per heavy atom. The summed E-state index contributed by atoms with van der Waals surface area (Å²) in [5.41, 5.74) is 0.535. The Morgan fingerprint density at radius 3 is 2.90 bits per heavy atom. The van der Waals surface area contributed by atoms with Crippen molar-refractivity contribution >= 4 is 24.2 Å². The van der Waals surface area contributed by atoms with Crippen molar-refractivity contribution in [3.63, 3.8) is 0 Å². The van der Waals surface area contributed by atoms with Gasteiger partial charge in [-0.05, 0) is 12.1 Å². The van der Waals surface area contributed by atoms with E-state index < -0.39 is 0 Å². The van der Waals surface area contributed by atoms with Crippen molar-refractivity contribution in [2.24, 2.45) is 4.99 Å². The second kappa shape index (κ2) is 4.68. The third-order valence-electron chi connectivity index (χ3n) is 0.821. The Labute approximate surface area is 64.2 Å². The summed E-state index contributed by atoms with van der Waals surface area (Å²) in [5, 5.41) is 0. The van der Waals surface area contributed by atoms with E-state index in [0.717, 1.165) is 0 Å². The molecule has 1 aromatic rings. The molecule has 0 aliphatic heterocycles. The second-order valence-electron chi connectivity index (χ2n) is 1.41. The monoisotopic (exact) mass is 156 g/mol. The maximum atomic E-state index is 9.65. The number of aliphatic imine (C=N–C) groups is 1. The van der Waals surface area contributed by atoms with E-state index in [1.54, 1.807) is 18.3 Å². The first kappa shape index (κ1) is 8.82. The third-order valence-corrected chi connectivity index (χ3v) is 0.821. The van der Waals surface area contributed by atoms with Gasteiger partial charge in [-0.25, -0.2) is 4.79 Å². The molecule has 0 aliphatic carbocycles. The van der Waals surface area contributed by atoms with Crippen molar-refractivity contribution in [3.05, 3.63) is 24.5 Å². The number of hydrogen-bond donors (Lipinski definition) is 0. The Bertz CT molecular complexity index is 231. The molecule has 0 amide bonds. The third kappa shape index (κ3) is 2.40. The highest BCUT2D eigenvalue weighted by molar-refractivity contribution is 5.85. The minimum Gasteiger partial charge on any atom is -0.262 e. The number of halogens is 1. The highest BCUT2D eigenvalue weighted by Gasteiger charge is 1.81. The highest BCUT2D eigenvalue weighted by Crippen LogP contribution is 2.04. The Balaban J connectivity index is 0.000000810. The van der Waals surface area contributed by atoms with E-state index in [1.165, 1.54) is 12.3 Å². The smallest absolute Gasteiger partial charge is 0.240 e. The van der Waals surface area contributed by atoms with Crippen LogP contribution in [0.15, 0.2) is 29.5 Å². The molecule has 0 fully saturated rings. The van der Waals surface area contributed by atoms with Crippen LogP contribution in [0.5, 0.6) is 0 Å². The van der Waals surface area contributed by atoms with E-state index in [2.05, 4.69) is 9.98 Å². The number of carbonyl (C=O) groups excluding carboxylic acids is 1. The van der Waals surface area contributed by atoms with E-state index in [9.17, 15) is 4.79 Å². The van der Waals surface area contributed by atoms with Crippen molar-refractivity contribution in [2.45, 2.75) is 0 Å². The highest BCUT2D eigenvalue weighted by atomic mass is 35.5. The zero-order chi connectivity index (χ0) is 6.53. The summed E-state index contributed by atoms with van der Waals surface area (Å²) < 4.78 is 0. The fraction of sp³-hybridized carbons (Fsp3) is 0. The van der Waals surface area contributed by atoms with Gasteiger partial charge in [0.1, 0.15) is 0 Å². The van der Waals surface area contributed by atoms with Gasteiger partial charge in [0.05, 0.1) is 11.9 Å². The van der Waals surface area contributed by atoms with Crippen molar-refractivity contribution in [1.82, 2.24) is 4.98 Å². The van der Waals surface area contributed by atoms with Gasteiger partial charge >= 0.3 is 0 Å². The number of pyridine rings is 1. The van der Waals surface area contributed by atoms with Gasteiger partial charge in [0.25, 0.3) is 0 Å². The summed E-state index contributed by atoms with van der Waals surface area (Å²) in [5.74, 6) is 0. The zero-order valence-corrected chi connectivity index (χ0v) is 5.84. The summed E-state index contributed by atoms with van der Waals surface area (Å²) in [6.45, 7) is 0. The summed E-state index contributed by atoms with van der Waals surface area (Å²) in [7, 11) is 0. The lowest BCUT2D eigenvalue weighted by atomic mass is 10.4. The van der Waals surface area contributed by atoms with Crippen LogP contribution >= 0.6 is 12.4 Å². The molecule has 0 unspecified atom stereocenters. The van der Waals surface area contributed by atoms with E-state index >= 15 is 0 Å². The van der Waals surface area contributed by atoms with Gasteiger partial charge in [-0.3, -0.25) is 4.98 Å². The molecular weight excluding hydrogens is 152 g/mol. The fourth-order valence-electron chi connectivity index (χ4n) is 0.473. The predicted octanol–water partition coefficient (Wildman–Crippen LogP) is 1.47. The largest absolute Gasteiger partial charge is 0.262 e. The molecule has 0 bridgehead atoms. The van der Waals surface area contributed by atoms with Crippen LogP contribution < -0.4 is 0 Å². The van der Waals surface area contributed by atoms with E-state index in [4.69, 9.17) is 0 Å². The predicted molar refractivity (Wildman–Crippen MR) is 39.3 cm³/mol. The van der Waals surface area contributed by atoms with E-state index in [1.807, 2.05) is 0 Å². The van der Waals surface area contributed by atoms with Crippen LogP contribution in [0.3, 0.4) is 0 Å². The number of hydrogen-bond acceptors (Lipinski definition) is 3. The Morgan fingerprint density at radius 2 is 2.40 bits per heavy atom. The van der Waals surface area contributed by atoms with Crippen LogP contribution in [-0.4, -0.2) is 11.1 Å². The zero-order valence-electron chi connectivity index (χ0n) is 5.02. The molecule has 3 nitrogen and oxygen atoms in total. The lowest BCUT2D eigenvalue weighted by Gasteiger charge is -1.82. The lowest BCUT2D eigenvalue weighted by Crippen LogP contribution is -1.65. The number of isocyanates is 1. The van der Waals surface area contributed by atoms with Crippen molar-refractivity contribution in [3.8, 4) is 0 Å². The average molecular weight is 157 g/mol. The molecule has 0 saturated heterocycles. The minimum absolute atomic E-state index is 0. The molecule has 0 aliphatic rings. The van der Waals surface area contributed by atoms with Crippen LogP contribution in [0.25, 0.3) is 0 Å². The molecule has 10 heavy (non-hydrogen) atoms. The Kier molecular flexibility index (Phi) is 4.12. The first-order valence-electron chi connectivity index (χ1n) is 2.41. The molecular formula is C6H5ClN2O. The molecule has 0 radical (unpaired) electrons. The average Bonchev–Trinajstić information content (AvgIpc) is 1.91. The molecule has 1 aromatic heterocycles. The van der Waals surface area contributed by atoms with Gasteiger partial charge in [-0.2, -0.15) is 4.99 Å². The van der Waals surface area contributed by atoms with E-state index in [0.29, 0.717) is 5.69 Å². The number of aromatic nitrogens is 1. The van der Waals surface area contributed by atoms with Crippen LogP contribution in [0.4, 0.5) is 5.69 Å². The first-order chi connectivity index (χ1) is 4.43. The van der Waals surface area contributed by atoms with Gasteiger partial charge in [0, 0.05) is 6.20 Å².